The van der Waals surface area contributed by atoms with Crippen LogP contribution in [0.2, 0.25) is 0 Å². The first-order valence-corrected chi connectivity index (χ1v) is 31.6. The lowest BCUT2D eigenvalue weighted by molar-refractivity contribution is -0.753. The number of aryl methyl sites for hydroxylation is 4. The van der Waals surface area contributed by atoms with E-state index in [1.165, 1.54) is 38.5 Å². The molecule has 0 bridgehead atoms. The Morgan fingerprint density at radius 1 is 0.641 bits per heavy atom. The Bertz CT molecular complexity index is 3730. The quantitative estimate of drug-likeness (QED) is 0.00618. The van der Waals surface area contributed by atoms with Crippen LogP contribution in [0, 0.1) is 0 Å². The fraction of sp³-hybridized carbons (Fsp3) is 0.385. The fourth-order valence-corrected chi connectivity index (χ4v) is 10.8. The van der Waals surface area contributed by atoms with Gasteiger partial charge >= 0.3 is 11.9 Å². The number of hydrogen-bond acceptors (Lipinski definition) is 28. The van der Waals surface area contributed by atoms with Gasteiger partial charge in [0.15, 0.2) is 49.0 Å². The highest BCUT2D eigenvalue weighted by atomic mass is 32.3. The minimum atomic E-state index is -5.25. The van der Waals surface area contributed by atoms with Crippen molar-refractivity contribution in [1.82, 2.24) is 40.1 Å². The van der Waals surface area contributed by atoms with Crippen LogP contribution in [0.5, 0.6) is 11.5 Å². The molecular weight excluding hydrogens is 1300 g/mol. The Hall–Kier alpha value is -9.26. The first-order valence-electron chi connectivity index (χ1n) is 27.2. The molecule has 2 aliphatic rings. The van der Waals surface area contributed by atoms with E-state index in [1.807, 2.05) is 57.6 Å². The van der Waals surface area contributed by atoms with E-state index in [2.05, 4.69) is 39.5 Å². The summed E-state index contributed by atoms with van der Waals surface area (Å²) in [6.45, 7) is 6.78. The summed E-state index contributed by atoms with van der Waals surface area (Å²) in [6.07, 6.45) is 6.42. The van der Waals surface area contributed by atoms with E-state index in [4.69, 9.17) is 42.1 Å². The maximum atomic E-state index is 13.2. The topological polar surface area (TPSA) is 515 Å². The molecule has 0 spiro atoms. The van der Waals surface area contributed by atoms with Gasteiger partial charge in [0.1, 0.15) is 35.0 Å². The molecule has 2 saturated heterocycles. The van der Waals surface area contributed by atoms with Crippen molar-refractivity contribution in [1.29, 1.82) is 0 Å². The van der Waals surface area contributed by atoms with Gasteiger partial charge in [-0.25, -0.2) is 36.4 Å². The molecule has 6 aromatic rings. The number of carbonyl (C=O) groups excluding carboxylic acids is 4. The molecule has 8 rings (SSSR count). The van der Waals surface area contributed by atoms with E-state index in [-0.39, 0.29) is 33.1 Å². The summed E-state index contributed by atoms with van der Waals surface area (Å²) in [7, 11) is -6.68. The van der Waals surface area contributed by atoms with Crippen molar-refractivity contribution < 1.29 is 102 Å². The molecule has 40 heteroatoms. The minimum absolute atomic E-state index is 0.0477. The van der Waals surface area contributed by atoms with E-state index in [1.54, 1.807) is 48.5 Å². The van der Waals surface area contributed by atoms with Crippen LogP contribution in [0.25, 0.3) is 22.3 Å². The van der Waals surface area contributed by atoms with Gasteiger partial charge in [-0.3, -0.25) is 19.2 Å². The minimum Gasteiger partial charge on any atom is -0.724 e. The summed E-state index contributed by atoms with van der Waals surface area (Å²) >= 11 is 1.95. The molecule has 4 atom stereocenters. The number of nitrogens with two attached hydrogens (primary N) is 4. The lowest BCUT2D eigenvalue weighted by Crippen LogP contribution is -2.76. The second kappa shape index (κ2) is 29.4. The monoisotopic (exact) mass is 1360 g/mol. The highest BCUT2D eigenvalue weighted by Crippen LogP contribution is 2.35. The van der Waals surface area contributed by atoms with Crippen molar-refractivity contribution in [2.24, 2.45) is 35.9 Å². The van der Waals surface area contributed by atoms with Crippen molar-refractivity contribution in [3.63, 3.8) is 0 Å². The standard InChI is InChI=1S/2C26H32N8O10S2/c2*1-26(2)21(23(36)34(26)44-46(39,40)41)30-22(35)20(18-14-45-25(28)29-18)31-42-13-19(24(37)38)43-17-7-5-15(6-8-17)16-11-32(3)33(12-16)10-4-9-27/h2*5-8,11-12,14,19,21H,4,9-10,13,27H2,1-3H3,(H4-,28,29,30,35,37,38,39,40,41)/b2*31-20-/t2*19?,21-/m11/s1. The van der Waals surface area contributed by atoms with Gasteiger partial charge < -0.3 is 72.0 Å². The fourth-order valence-electron chi connectivity index (χ4n) is 8.84. The van der Waals surface area contributed by atoms with Crippen molar-refractivity contribution in [2.45, 2.75) is 89.0 Å². The summed E-state index contributed by atoms with van der Waals surface area (Å²) in [5.74, 6) is -6.29. The second-order valence-electron chi connectivity index (χ2n) is 21.1. The number of ether oxygens (including phenoxy) is 2. The van der Waals surface area contributed by atoms with Gasteiger partial charge in [0, 0.05) is 10.8 Å². The first-order chi connectivity index (χ1) is 43.2. The number of β-lactam (4-membered cyclic amide) rings is 2. The molecule has 0 saturated carbocycles. The predicted molar refractivity (Wildman–Crippen MR) is 319 cm³/mol. The average molecular weight is 1360 g/mol. The molecule has 12 N–H and O–H groups in total. The summed E-state index contributed by atoms with van der Waals surface area (Å²) in [4.78, 5) is 93.5. The van der Waals surface area contributed by atoms with Crippen molar-refractivity contribution in [3.8, 4) is 33.8 Å². The molecule has 4 aromatic heterocycles. The number of nitrogens with zero attached hydrogens (tertiary/aromatic N) is 10. The third-order valence-electron chi connectivity index (χ3n) is 13.7. The molecule has 2 unspecified atom stereocenters. The Morgan fingerprint density at radius 3 is 1.27 bits per heavy atom. The van der Waals surface area contributed by atoms with Crippen molar-refractivity contribution in [2.75, 3.05) is 37.8 Å². The zero-order valence-corrected chi connectivity index (χ0v) is 53.0. The van der Waals surface area contributed by atoms with E-state index in [9.17, 15) is 64.9 Å². The maximum Gasteiger partial charge on any atom is 0.348 e. The molecule has 2 aliphatic heterocycles. The number of aromatic nitrogens is 6. The predicted octanol–water partition coefficient (Wildman–Crippen LogP) is -1.77. The lowest BCUT2D eigenvalue weighted by Gasteiger charge is -2.51. The Kier molecular flexibility index (Phi) is 22.4. The number of hydrogen-bond donors (Lipinski definition) is 8. The molecule has 2 fully saturated rings. The number of carboxylic acid groups (broad SMARTS) is 2. The number of nitrogen functional groups attached to an aromatic ring is 2. The number of rotatable bonds is 30. The van der Waals surface area contributed by atoms with E-state index in [0.29, 0.717) is 23.2 Å². The number of aliphatic carboxylic acids is 2. The largest absolute Gasteiger partial charge is 0.724 e. The lowest BCUT2D eigenvalue weighted by atomic mass is 9.84. The number of carboxylic acids is 2. The number of carbonyl (C=O) groups is 6. The van der Waals surface area contributed by atoms with Crippen LogP contribution in [0.4, 0.5) is 10.3 Å². The number of nitrogens with one attached hydrogen (secondary N) is 2. The number of anilines is 2. The smallest absolute Gasteiger partial charge is 0.348 e. The highest BCUT2D eigenvalue weighted by molar-refractivity contribution is 7.81. The van der Waals surface area contributed by atoms with Gasteiger partial charge in [-0.1, -0.05) is 34.6 Å². The molecule has 2 aromatic carbocycles. The summed E-state index contributed by atoms with van der Waals surface area (Å²) in [5, 5.41) is 35.3. The molecule has 496 valence electrons. The van der Waals surface area contributed by atoms with Gasteiger partial charge in [-0.05, 0) is 89.0 Å². The molecule has 4 amide bonds. The third-order valence-corrected chi connectivity index (χ3v) is 15.7. The van der Waals surface area contributed by atoms with Crippen LogP contribution in [0.3, 0.4) is 0 Å². The Labute approximate surface area is 532 Å². The number of amides is 4. The number of thiazole rings is 2. The van der Waals surface area contributed by atoms with Gasteiger partial charge in [0.2, 0.25) is 45.4 Å². The summed E-state index contributed by atoms with van der Waals surface area (Å²) in [6, 6.07) is 10.8. The molecular formula is C52H64N16O20S4. The molecule has 0 aliphatic carbocycles. The van der Waals surface area contributed by atoms with Crippen LogP contribution in [0.1, 0.15) is 51.9 Å². The summed E-state index contributed by atoms with van der Waals surface area (Å²) < 4.78 is 93.3. The van der Waals surface area contributed by atoms with Gasteiger partial charge in [-0.15, -0.1) is 32.0 Å². The van der Waals surface area contributed by atoms with E-state index < -0.39 is 116 Å². The van der Waals surface area contributed by atoms with E-state index in [0.717, 1.165) is 70.9 Å². The molecule has 0 radical (unpaired) electrons. The van der Waals surface area contributed by atoms with Crippen LogP contribution >= 0.6 is 22.7 Å². The van der Waals surface area contributed by atoms with Crippen LogP contribution < -0.4 is 52.4 Å². The van der Waals surface area contributed by atoms with E-state index >= 15 is 0 Å². The zero-order chi connectivity index (χ0) is 67.6. The highest BCUT2D eigenvalue weighted by Gasteiger charge is 2.59. The normalized spacial score (nSPS) is 16.9. The summed E-state index contributed by atoms with van der Waals surface area (Å²) in [5.41, 5.74) is 22.3. The number of oxime groups is 2. The Morgan fingerprint density at radius 2 is 0.989 bits per heavy atom. The molecule has 36 nitrogen and oxygen atoms in total. The van der Waals surface area contributed by atoms with Crippen LogP contribution in [-0.4, -0.2) is 174 Å². The van der Waals surface area contributed by atoms with Gasteiger partial charge in [0.25, 0.3) is 23.6 Å². The van der Waals surface area contributed by atoms with Crippen LogP contribution in [0.15, 0.2) is 94.4 Å². The van der Waals surface area contributed by atoms with Gasteiger partial charge in [-0.2, -0.15) is 28.1 Å². The second-order valence-corrected chi connectivity index (χ2v) is 24.8. The third kappa shape index (κ3) is 17.6. The Balaban J connectivity index is 0.000000261. The zero-order valence-electron chi connectivity index (χ0n) is 49.7. The van der Waals surface area contributed by atoms with Crippen LogP contribution in [-0.2, 0) is 95.0 Å². The number of hydroxylamine groups is 4. The SMILES string of the molecule is C[n+]1cc(-c2ccc(OC(CO/N=C(\C(=O)N[C@@H]3C(=O)N(OS(=O)(=O)[O-])C3(C)C)c3csc(N)n3)C(=O)O)cc2)cn1CCCN.C[n+]1cc(-c2ccc(OC(CO/N=C(\C(=O)N[C@@H]3C(=O)N(OS(=O)(=O)[O-])C3(C)C)c3csc(N)n3)C(=O)O)cc2)cn1CCCN. The number of benzene rings is 2. The average Bonchev–Trinajstić information content (AvgIpc) is 0.841. The van der Waals surface area contributed by atoms with Crippen molar-refractivity contribution >= 4 is 101 Å². The first kappa shape index (κ1) is 70.2. The maximum absolute atomic E-state index is 13.2. The van der Waals surface area contributed by atoms with Crippen molar-refractivity contribution in [3.05, 3.63) is 95.5 Å². The molecule has 92 heavy (non-hydrogen) atoms. The van der Waals surface area contributed by atoms with Gasteiger partial charge in [0.05, 0.1) is 47.7 Å². The molecule has 6 heterocycles.